The standard InChI is InChI=1S/C24H19F34N2O8PS2.Na/c1-3-59(70(63,64)23(55,56)19(45,46)15(37,38)11(29,30)9(25,26)13(33,34)17(41,42)21(49,50)51)5-7-67-69(61,62)68-8-6-60(4-2)71(65,66)24(57,58)20(47,48)16(39,40)12(31,32)10(27,28)14(35,36)18(43,44)22(52,53)54;/h3-8H2,1-2H3,(H,61,62);/q;+1/p-1. The average molecular weight is 1230 g/mol. The Morgan fingerprint density at radius 3 is 0.694 bits per heavy atom. The molecule has 0 aromatic heterocycles. The zero-order chi connectivity index (χ0) is 58.3. The molecule has 0 saturated heterocycles. The summed E-state index contributed by atoms with van der Waals surface area (Å²) in [6.45, 7) is -13.6. The van der Waals surface area contributed by atoms with Gasteiger partial charge < -0.3 is 13.9 Å². The Balaban J connectivity index is 0. The molecular weight excluding hydrogens is 1210 g/mol. The second-order valence-electron chi connectivity index (χ2n) is 13.0. The molecule has 0 aliphatic carbocycles. The Bertz CT molecular complexity index is 2020. The van der Waals surface area contributed by atoms with Gasteiger partial charge in [0, 0.05) is 26.2 Å². The van der Waals surface area contributed by atoms with Gasteiger partial charge in [-0.15, -0.1) is 0 Å². The number of hydrogen-bond donors (Lipinski definition) is 0. The van der Waals surface area contributed by atoms with Crippen LogP contribution in [0.15, 0.2) is 0 Å². The molecule has 0 aromatic carbocycles. The van der Waals surface area contributed by atoms with E-state index in [4.69, 9.17) is 0 Å². The molecule has 0 unspecified atom stereocenters. The Hall–Kier alpha value is -1.45. The number of hydrogen-bond acceptors (Lipinski definition) is 8. The van der Waals surface area contributed by atoms with Crippen molar-refractivity contribution in [1.82, 2.24) is 8.61 Å². The number of phosphoric ester groups is 1. The first-order chi connectivity index (χ1) is 30.3. The third-order valence-corrected chi connectivity index (χ3v) is 13.6. The van der Waals surface area contributed by atoms with E-state index < -0.39 is 170 Å². The second-order valence-corrected chi connectivity index (χ2v) is 18.4. The molecule has 0 spiro atoms. The first-order valence-electron chi connectivity index (χ1n) is 16.4. The van der Waals surface area contributed by atoms with Crippen molar-refractivity contribution in [1.29, 1.82) is 0 Å². The summed E-state index contributed by atoms with van der Waals surface area (Å²) < 4.78 is 526. The molecular formula is C24H18F34N2NaO8PS2. The van der Waals surface area contributed by atoms with E-state index in [0.29, 0.717) is 0 Å². The molecule has 0 amide bonds. The molecule has 0 radical (unpaired) electrons. The van der Waals surface area contributed by atoms with E-state index in [2.05, 4.69) is 9.05 Å². The molecule has 0 rings (SSSR count). The van der Waals surface area contributed by atoms with Crippen LogP contribution in [0.3, 0.4) is 0 Å². The van der Waals surface area contributed by atoms with Gasteiger partial charge in [0.2, 0.25) is 0 Å². The maximum absolute atomic E-state index is 14.5. The molecule has 48 heteroatoms. The molecule has 0 atom stereocenters. The summed E-state index contributed by atoms with van der Waals surface area (Å²) in [4.78, 5) is 11.9. The van der Waals surface area contributed by atoms with E-state index in [1.54, 1.807) is 0 Å². The molecule has 10 nitrogen and oxygen atoms in total. The second kappa shape index (κ2) is 20.4. The number of nitrogens with zero attached hydrogens (tertiary/aromatic N) is 2. The van der Waals surface area contributed by atoms with Gasteiger partial charge in [-0.3, -0.25) is 4.57 Å². The van der Waals surface area contributed by atoms with Crippen molar-refractivity contribution in [3.8, 4) is 0 Å². The summed E-state index contributed by atoms with van der Waals surface area (Å²) in [5.74, 6) is -108. The summed E-state index contributed by atoms with van der Waals surface area (Å²) in [5.41, 5.74) is 0. The van der Waals surface area contributed by atoms with Gasteiger partial charge in [0.1, 0.15) is 0 Å². The van der Waals surface area contributed by atoms with E-state index in [1.807, 2.05) is 0 Å². The number of sulfonamides is 2. The van der Waals surface area contributed by atoms with Crippen LogP contribution >= 0.6 is 7.82 Å². The molecule has 0 aromatic rings. The van der Waals surface area contributed by atoms with Crippen molar-refractivity contribution < 1.29 is 214 Å². The zero-order valence-electron chi connectivity index (χ0n) is 33.5. The smallest absolute Gasteiger partial charge is 0.756 e. The molecule has 0 N–H and O–H groups in total. The van der Waals surface area contributed by atoms with Gasteiger partial charge >= 0.3 is 123 Å². The predicted octanol–water partition coefficient (Wildman–Crippen LogP) is 6.73. The van der Waals surface area contributed by atoms with Crippen LogP contribution in [-0.2, 0) is 33.7 Å². The number of likely N-dealkylation sites (N-methyl/N-ethyl adjacent to an activating group) is 2. The minimum atomic E-state index is -9.28. The van der Waals surface area contributed by atoms with Crippen LogP contribution in [-0.4, -0.2) is 159 Å². The Morgan fingerprint density at radius 2 is 0.528 bits per heavy atom. The molecule has 0 bridgehead atoms. The largest absolute Gasteiger partial charge is 1.00 e. The third-order valence-electron chi connectivity index (χ3n) is 8.60. The number of halogens is 34. The summed E-state index contributed by atoms with van der Waals surface area (Å²) >= 11 is 0. The first-order valence-corrected chi connectivity index (χ1v) is 20.7. The van der Waals surface area contributed by atoms with E-state index in [-0.39, 0.29) is 43.4 Å². The third kappa shape index (κ3) is 10.5. The van der Waals surface area contributed by atoms with E-state index in [9.17, 15) is 176 Å². The quantitative estimate of drug-likeness (QED) is 0.0530. The Kier molecular flexibility index (Phi) is 20.6. The number of rotatable bonds is 26. The van der Waals surface area contributed by atoms with Gasteiger partial charge in [0.05, 0.1) is 13.2 Å². The normalized spacial score (nSPS) is 16.4. The molecule has 428 valence electrons. The molecule has 0 heterocycles. The van der Waals surface area contributed by atoms with Crippen LogP contribution in [0, 0.1) is 0 Å². The van der Waals surface area contributed by atoms with Gasteiger partial charge in [-0.05, 0) is 0 Å². The fraction of sp³-hybridized carbons (Fsp3) is 1.00. The molecule has 72 heavy (non-hydrogen) atoms. The molecule has 0 aliphatic heterocycles. The van der Waals surface area contributed by atoms with Gasteiger partial charge in [-0.1, -0.05) is 13.8 Å². The van der Waals surface area contributed by atoms with E-state index in [0.717, 1.165) is 0 Å². The topological polar surface area (TPSA) is 133 Å². The molecule has 0 aliphatic rings. The van der Waals surface area contributed by atoms with Gasteiger partial charge in [-0.2, -0.15) is 158 Å². The number of phosphoric acid groups is 1. The summed E-state index contributed by atoms with van der Waals surface area (Å²) in [7, 11) is -22.9. The van der Waals surface area contributed by atoms with Crippen molar-refractivity contribution in [3.05, 3.63) is 0 Å². The average Bonchev–Trinajstić information content (AvgIpc) is 3.15. The zero-order valence-corrected chi connectivity index (χ0v) is 38.0. The fourth-order valence-electron chi connectivity index (χ4n) is 4.39. The van der Waals surface area contributed by atoms with Crippen LogP contribution < -0.4 is 34.5 Å². The van der Waals surface area contributed by atoms with Gasteiger partial charge in [0.15, 0.2) is 0 Å². The van der Waals surface area contributed by atoms with Crippen LogP contribution in [0.1, 0.15) is 13.8 Å². The minimum Gasteiger partial charge on any atom is -0.756 e. The maximum atomic E-state index is 14.5. The SMILES string of the molecule is CCN(CCOP(=O)([O-])OCCN(CC)S(=O)(=O)C(F)(F)C(F)(F)C(F)(F)C(F)(F)C(F)(F)C(F)(F)C(F)(F)C(F)(F)F)S(=O)(=O)C(F)(F)C(F)(F)C(F)(F)C(F)(F)C(F)(F)C(F)(F)C(F)(F)C(F)(F)F.[Na+]. The van der Waals surface area contributed by atoms with Crippen molar-refractivity contribution in [3.63, 3.8) is 0 Å². The van der Waals surface area contributed by atoms with E-state index in [1.165, 1.54) is 0 Å². The molecule has 0 saturated carbocycles. The minimum absolute atomic E-state index is 0. The van der Waals surface area contributed by atoms with Crippen LogP contribution in [0.4, 0.5) is 149 Å². The van der Waals surface area contributed by atoms with Crippen molar-refractivity contribution in [2.45, 2.75) is 108 Å². The maximum Gasteiger partial charge on any atom is 1.00 e. The predicted molar refractivity (Wildman–Crippen MR) is 153 cm³/mol. The van der Waals surface area contributed by atoms with Crippen LogP contribution in [0.2, 0.25) is 0 Å². The Labute approximate surface area is 397 Å². The summed E-state index contributed by atoms with van der Waals surface area (Å²) in [5, 5.41) is -16.4. The van der Waals surface area contributed by atoms with Crippen molar-refractivity contribution >= 4 is 27.9 Å². The van der Waals surface area contributed by atoms with Crippen molar-refractivity contribution in [2.75, 3.05) is 39.4 Å². The van der Waals surface area contributed by atoms with Crippen LogP contribution in [0.25, 0.3) is 0 Å². The monoisotopic (exact) mass is 1230 g/mol. The fourth-order valence-corrected chi connectivity index (χ4v) is 7.94. The Morgan fingerprint density at radius 1 is 0.361 bits per heavy atom. The number of alkyl halides is 34. The molecule has 0 fully saturated rings. The summed E-state index contributed by atoms with van der Waals surface area (Å²) in [6.07, 6.45) is -16.3. The van der Waals surface area contributed by atoms with Gasteiger partial charge in [-0.25, -0.2) is 16.8 Å². The van der Waals surface area contributed by atoms with Crippen LogP contribution in [0.5, 0.6) is 0 Å². The first kappa shape index (κ1) is 72.6. The van der Waals surface area contributed by atoms with Gasteiger partial charge in [0.25, 0.3) is 27.9 Å². The van der Waals surface area contributed by atoms with E-state index >= 15 is 0 Å². The van der Waals surface area contributed by atoms with Crippen molar-refractivity contribution in [2.24, 2.45) is 0 Å². The summed E-state index contributed by atoms with van der Waals surface area (Å²) in [6, 6.07) is 0.